The van der Waals surface area contributed by atoms with Gasteiger partial charge >= 0.3 is 30.7 Å². The Labute approximate surface area is 183 Å². The molecular weight excluding hydrogens is 508 g/mol. The molecule has 0 aromatic heterocycles. The summed E-state index contributed by atoms with van der Waals surface area (Å²) < 4.78 is 161. The summed E-state index contributed by atoms with van der Waals surface area (Å²) in [4.78, 5) is 12.0. The van der Waals surface area contributed by atoms with E-state index in [0.717, 1.165) is 0 Å². The Hall–Kier alpha value is -1.71. The summed E-state index contributed by atoms with van der Waals surface area (Å²) in [6, 6.07) is 0. The first kappa shape index (κ1) is 28.5. The van der Waals surface area contributed by atoms with Crippen molar-refractivity contribution < 1.29 is 72.1 Å². The molecule has 2 fully saturated rings. The van der Waals surface area contributed by atoms with Gasteiger partial charge in [0.05, 0.1) is 12.2 Å². The van der Waals surface area contributed by atoms with Gasteiger partial charge in [0.25, 0.3) is 5.60 Å². The molecule has 16 heteroatoms. The molecule has 0 spiro atoms. The molecule has 2 bridgehead atoms. The van der Waals surface area contributed by atoms with E-state index in [1.807, 2.05) is 0 Å². The molecular formula is C18H18F12O4. The molecule has 0 heterocycles. The van der Waals surface area contributed by atoms with Gasteiger partial charge in [-0.2, -0.15) is 52.7 Å². The number of aliphatic hydroxyl groups is 1. The van der Waals surface area contributed by atoms with Gasteiger partial charge in [0.1, 0.15) is 6.10 Å². The van der Waals surface area contributed by atoms with Crippen molar-refractivity contribution in [2.75, 3.05) is 6.61 Å². The highest BCUT2D eigenvalue weighted by Gasteiger charge is 2.71. The van der Waals surface area contributed by atoms with Crippen LogP contribution in [0.3, 0.4) is 0 Å². The number of carbonyl (C=O) groups is 1. The molecule has 0 saturated heterocycles. The summed E-state index contributed by atoms with van der Waals surface area (Å²) in [5.74, 6) is -4.38. The molecule has 0 amide bonds. The molecule has 0 aliphatic heterocycles. The molecule has 4 atom stereocenters. The fourth-order valence-electron chi connectivity index (χ4n) is 4.41. The zero-order valence-electron chi connectivity index (χ0n) is 16.8. The van der Waals surface area contributed by atoms with Crippen LogP contribution in [0.2, 0.25) is 0 Å². The highest BCUT2D eigenvalue weighted by molar-refractivity contribution is 5.88. The van der Waals surface area contributed by atoms with Crippen molar-refractivity contribution in [1.29, 1.82) is 0 Å². The fourth-order valence-corrected chi connectivity index (χ4v) is 4.41. The number of esters is 1. The number of ether oxygens (including phenoxy) is 2. The molecule has 0 aromatic carbocycles. The standard InChI is InChI=1S/C18H18F12O4/c1-7(6-33-13(15(19,20)21)16(22,23)24)12(31)34-11-4-8-2-9(10(11)3-8)5-14(32,17(25,26)27)18(28,29)30/h8-11,13,32H,1-6H2. The van der Waals surface area contributed by atoms with E-state index in [1.165, 1.54) is 0 Å². The van der Waals surface area contributed by atoms with Crippen molar-refractivity contribution in [2.24, 2.45) is 17.8 Å². The van der Waals surface area contributed by atoms with Gasteiger partial charge in [0, 0.05) is 0 Å². The number of alkyl halides is 12. The third-order valence-electron chi connectivity index (χ3n) is 5.95. The summed E-state index contributed by atoms with van der Waals surface area (Å²) in [6.45, 7) is 1.42. The first-order chi connectivity index (χ1) is 15.1. The second-order valence-electron chi connectivity index (χ2n) is 8.38. The number of fused-ring (bicyclic) bond motifs is 2. The zero-order chi connectivity index (χ0) is 26.5. The van der Waals surface area contributed by atoms with Crippen molar-refractivity contribution in [3.8, 4) is 0 Å². The number of hydrogen-bond donors (Lipinski definition) is 1. The van der Waals surface area contributed by atoms with E-state index in [4.69, 9.17) is 4.74 Å². The summed E-state index contributed by atoms with van der Waals surface area (Å²) in [5.41, 5.74) is -5.98. The highest BCUT2D eigenvalue weighted by atomic mass is 19.4. The van der Waals surface area contributed by atoms with Gasteiger partial charge in [0.15, 0.2) is 0 Å². The summed E-state index contributed by atoms with van der Waals surface area (Å²) in [7, 11) is 0. The smallest absolute Gasteiger partial charge is 0.426 e. The Morgan fingerprint density at radius 2 is 1.38 bits per heavy atom. The molecule has 2 aliphatic carbocycles. The van der Waals surface area contributed by atoms with E-state index >= 15 is 0 Å². The van der Waals surface area contributed by atoms with Crippen LogP contribution in [-0.4, -0.2) is 60.2 Å². The highest BCUT2D eigenvalue weighted by Crippen LogP contribution is 2.56. The topological polar surface area (TPSA) is 55.8 Å². The molecule has 0 radical (unpaired) electrons. The van der Waals surface area contributed by atoms with Crippen LogP contribution < -0.4 is 0 Å². The third-order valence-corrected chi connectivity index (χ3v) is 5.95. The van der Waals surface area contributed by atoms with Crippen LogP contribution in [0.15, 0.2) is 12.2 Å². The monoisotopic (exact) mass is 526 g/mol. The second kappa shape index (κ2) is 9.06. The summed E-state index contributed by atoms with van der Waals surface area (Å²) in [6.07, 6.45) is -31.1. The van der Waals surface area contributed by atoms with E-state index in [-0.39, 0.29) is 19.3 Å². The molecule has 34 heavy (non-hydrogen) atoms. The Morgan fingerprint density at radius 1 is 0.882 bits per heavy atom. The van der Waals surface area contributed by atoms with E-state index in [2.05, 4.69) is 11.3 Å². The van der Waals surface area contributed by atoms with Crippen molar-refractivity contribution in [1.82, 2.24) is 0 Å². The molecule has 4 nitrogen and oxygen atoms in total. The SMILES string of the molecule is C=C(COC(C(F)(F)F)C(F)(F)F)C(=O)OC1CC2CC(CC(O)(C(F)(F)F)C(F)(F)F)C1C2. The Morgan fingerprint density at radius 3 is 1.79 bits per heavy atom. The number of rotatable bonds is 7. The van der Waals surface area contributed by atoms with Crippen molar-refractivity contribution in [3.05, 3.63) is 12.2 Å². The van der Waals surface area contributed by atoms with Crippen molar-refractivity contribution in [2.45, 2.75) is 68.2 Å². The van der Waals surface area contributed by atoms with Crippen molar-refractivity contribution >= 4 is 5.97 Å². The van der Waals surface area contributed by atoms with Crippen LogP contribution in [0.4, 0.5) is 52.7 Å². The van der Waals surface area contributed by atoms with Gasteiger partial charge in [0.2, 0.25) is 6.10 Å². The van der Waals surface area contributed by atoms with E-state index < -0.39 is 84.8 Å². The first-order valence-corrected chi connectivity index (χ1v) is 9.57. The Kier molecular flexibility index (Phi) is 7.60. The summed E-state index contributed by atoms with van der Waals surface area (Å²) >= 11 is 0. The van der Waals surface area contributed by atoms with Crippen LogP contribution in [0.25, 0.3) is 0 Å². The van der Waals surface area contributed by atoms with Gasteiger partial charge in [-0.25, -0.2) is 4.79 Å². The minimum Gasteiger partial charge on any atom is -0.459 e. The van der Waals surface area contributed by atoms with Gasteiger partial charge < -0.3 is 14.6 Å². The normalized spacial score (nSPS) is 26.3. The predicted octanol–water partition coefficient (Wildman–Crippen LogP) is 5.26. The zero-order valence-corrected chi connectivity index (χ0v) is 16.8. The quantitative estimate of drug-likeness (QED) is 0.280. The van der Waals surface area contributed by atoms with E-state index in [1.54, 1.807) is 0 Å². The third kappa shape index (κ3) is 5.91. The molecule has 4 unspecified atom stereocenters. The van der Waals surface area contributed by atoms with Crippen molar-refractivity contribution in [3.63, 3.8) is 0 Å². The Balaban J connectivity index is 2.03. The predicted molar refractivity (Wildman–Crippen MR) is 86.9 cm³/mol. The molecule has 0 aromatic rings. The van der Waals surface area contributed by atoms with Gasteiger partial charge in [-0.15, -0.1) is 0 Å². The molecule has 2 saturated carbocycles. The number of carbonyl (C=O) groups excluding carboxylic acids is 1. The molecule has 2 aliphatic rings. The molecule has 1 N–H and O–H groups in total. The van der Waals surface area contributed by atoms with Crippen LogP contribution in [-0.2, 0) is 14.3 Å². The van der Waals surface area contributed by atoms with Crippen LogP contribution in [0.1, 0.15) is 25.7 Å². The minimum atomic E-state index is -6.04. The van der Waals surface area contributed by atoms with Gasteiger partial charge in [-0.1, -0.05) is 6.58 Å². The van der Waals surface area contributed by atoms with Crippen LogP contribution in [0, 0.1) is 17.8 Å². The maximum Gasteiger partial charge on any atom is 0.426 e. The summed E-state index contributed by atoms with van der Waals surface area (Å²) in [5, 5.41) is 9.41. The maximum atomic E-state index is 13.0. The van der Waals surface area contributed by atoms with E-state index in [9.17, 15) is 62.6 Å². The lowest BCUT2D eigenvalue weighted by atomic mass is 9.78. The lowest BCUT2D eigenvalue weighted by Crippen LogP contribution is -2.58. The maximum absolute atomic E-state index is 13.0. The van der Waals surface area contributed by atoms with Gasteiger partial charge in [-0.05, 0) is 43.4 Å². The molecule has 198 valence electrons. The Bertz CT molecular complexity index is 739. The molecule has 2 rings (SSSR count). The number of hydrogen-bond acceptors (Lipinski definition) is 4. The van der Waals surface area contributed by atoms with Crippen LogP contribution >= 0.6 is 0 Å². The first-order valence-electron chi connectivity index (χ1n) is 9.57. The minimum absolute atomic E-state index is 0.00519. The van der Waals surface area contributed by atoms with E-state index in [0.29, 0.717) is 0 Å². The lowest BCUT2D eigenvalue weighted by molar-refractivity contribution is -0.373. The average molecular weight is 526 g/mol. The number of halogens is 12. The van der Waals surface area contributed by atoms with Crippen LogP contribution in [0.5, 0.6) is 0 Å². The fraction of sp³-hybridized carbons (Fsp3) is 0.833. The lowest BCUT2D eigenvalue weighted by Gasteiger charge is -2.38. The average Bonchev–Trinajstić information content (AvgIpc) is 3.16. The largest absolute Gasteiger partial charge is 0.459 e. The second-order valence-corrected chi connectivity index (χ2v) is 8.38. The van der Waals surface area contributed by atoms with Gasteiger partial charge in [-0.3, -0.25) is 0 Å².